The number of benzene rings is 1. The molecule has 0 aliphatic heterocycles. The molecule has 3 aromatic heterocycles. The van der Waals surface area contributed by atoms with Crippen molar-refractivity contribution in [3.05, 3.63) is 66.7 Å². The fourth-order valence-electron chi connectivity index (χ4n) is 2.49. The van der Waals surface area contributed by atoms with Gasteiger partial charge in [-0.05, 0) is 47.5 Å². The van der Waals surface area contributed by atoms with Crippen LogP contribution in [0.5, 0.6) is 5.75 Å². The molecule has 0 spiro atoms. The Morgan fingerprint density at radius 1 is 1.12 bits per heavy atom. The summed E-state index contributed by atoms with van der Waals surface area (Å²) in [7, 11) is 1.66. The Bertz CT molecular complexity index is 1040. The Balaban J connectivity index is 1.62. The van der Waals surface area contributed by atoms with Crippen LogP contribution in [0.15, 0.2) is 71.4 Å². The van der Waals surface area contributed by atoms with E-state index in [2.05, 4.69) is 25.2 Å². The maximum atomic E-state index is 5.21. The first-order valence-corrected chi connectivity index (χ1v) is 8.80. The summed E-state index contributed by atoms with van der Waals surface area (Å²) in [6.45, 7) is 0.468. The molecule has 3 heterocycles. The van der Waals surface area contributed by atoms with Gasteiger partial charge in [0.05, 0.1) is 23.9 Å². The molecule has 0 aliphatic rings. The fraction of sp³-hybridized carbons (Fsp3) is 0.105. The molecule has 128 valence electrons. The summed E-state index contributed by atoms with van der Waals surface area (Å²) in [5.41, 5.74) is 2.98. The lowest BCUT2D eigenvalue weighted by Gasteiger charge is -2.00. The first kappa shape index (κ1) is 16.3. The highest BCUT2D eigenvalue weighted by Gasteiger charge is 2.10. The van der Waals surface area contributed by atoms with E-state index in [9.17, 15) is 0 Å². The van der Waals surface area contributed by atoms with Crippen molar-refractivity contribution >= 4 is 27.4 Å². The quantitative estimate of drug-likeness (QED) is 0.467. The highest BCUT2D eigenvalue weighted by Crippen LogP contribution is 2.37. The fourth-order valence-corrected chi connectivity index (χ4v) is 3.53. The standard InChI is InChI=1S/C19H15N5OS/c1-25-15-6-4-14(5-7-15)17-9-16-18(26-17)19(22-12-21-16)24-23-11-13-3-2-8-20-10-13/h2-10,12H,11H2,1H3. The van der Waals surface area contributed by atoms with Crippen LogP contribution in [-0.4, -0.2) is 22.1 Å². The van der Waals surface area contributed by atoms with E-state index in [1.807, 2.05) is 42.5 Å². The number of ether oxygens (including phenoxy) is 1. The first-order chi connectivity index (χ1) is 12.8. The Morgan fingerprint density at radius 2 is 2.00 bits per heavy atom. The molecule has 0 amide bonds. The second-order valence-electron chi connectivity index (χ2n) is 5.51. The van der Waals surface area contributed by atoms with Crippen molar-refractivity contribution in [1.82, 2.24) is 15.0 Å². The predicted octanol–water partition coefficient (Wildman–Crippen LogP) is 5.05. The van der Waals surface area contributed by atoms with E-state index in [4.69, 9.17) is 4.74 Å². The van der Waals surface area contributed by atoms with Gasteiger partial charge in [-0.25, -0.2) is 9.97 Å². The zero-order valence-electron chi connectivity index (χ0n) is 14.0. The predicted molar refractivity (Wildman–Crippen MR) is 102 cm³/mol. The highest BCUT2D eigenvalue weighted by molar-refractivity contribution is 7.22. The highest BCUT2D eigenvalue weighted by atomic mass is 32.1. The van der Waals surface area contributed by atoms with Crippen LogP contribution in [0.2, 0.25) is 0 Å². The van der Waals surface area contributed by atoms with E-state index in [0.717, 1.165) is 32.0 Å². The van der Waals surface area contributed by atoms with Gasteiger partial charge in [-0.3, -0.25) is 4.98 Å². The Labute approximate surface area is 154 Å². The van der Waals surface area contributed by atoms with Crippen LogP contribution in [0, 0.1) is 0 Å². The molecule has 6 nitrogen and oxygen atoms in total. The number of rotatable bonds is 5. The summed E-state index contributed by atoms with van der Waals surface area (Å²) in [6.07, 6.45) is 5.04. The van der Waals surface area contributed by atoms with E-state index in [-0.39, 0.29) is 0 Å². The third-order valence-electron chi connectivity index (χ3n) is 3.81. The lowest BCUT2D eigenvalue weighted by atomic mass is 10.2. The van der Waals surface area contributed by atoms with Crippen molar-refractivity contribution in [2.24, 2.45) is 10.2 Å². The zero-order valence-corrected chi connectivity index (χ0v) is 14.8. The Morgan fingerprint density at radius 3 is 2.77 bits per heavy atom. The van der Waals surface area contributed by atoms with Crippen molar-refractivity contribution in [3.63, 3.8) is 0 Å². The van der Waals surface area contributed by atoms with E-state index >= 15 is 0 Å². The van der Waals surface area contributed by atoms with Crippen LogP contribution in [0.1, 0.15) is 5.56 Å². The molecule has 0 unspecified atom stereocenters. The second-order valence-corrected chi connectivity index (χ2v) is 6.56. The van der Waals surface area contributed by atoms with Gasteiger partial charge in [0.2, 0.25) is 0 Å². The van der Waals surface area contributed by atoms with E-state index in [0.29, 0.717) is 12.4 Å². The Hall–Kier alpha value is -3.19. The van der Waals surface area contributed by atoms with E-state index < -0.39 is 0 Å². The van der Waals surface area contributed by atoms with Crippen molar-refractivity contribution in [1.29, 1.82) is 0 Å². The van der Waals surface area contributed by atoms with E-state index in [1.165, 1.54) is 6.33 Å². The molecule has 1 aromatic carbocycles. The van der Waals surface area contributed by atoms with Gasteiger partial charge in [-0.1, -0.05) is 6.07 Å². The number of pyridine rings is 1. The molecule has 0 saturated heterocycles. The molecule has 0 N–H and O–H groups in total. The summed E-state index contributed by atoms with van der Waals surface area (Å²) < 4.78 is 6.14. The summed E-state index contributed by atoms with van der Waals surface area (Å²) in [6, 6.07) is 13.8. The maximum absolute atomic E-state index is 5.21. The molecule has 0 fully saturated rings. The lowest BCUT2D eigenvalue weighted by Crippen LogP contribution is -1.81. The number of methoxy groups -OCH3 is 1. The minimum atomic E-state index is 0.468. The summed E-state index contributed by atoms with van der Waals surface area (Å²) in [5, 5.41) is 8.55. The van der Waals surface area contributed by atoms with Gasteiger partial charge in [-0.2, -0.15) is 5.11 Å². The number of hydrogen-bond donors (Lipinski definition) is 0. The van der Waals surface area contributed by atoms with Crippen molar-refractivity contribution < 1.29 is 4.74 Å². The molecule has 7 heteroatoms. The van der Waals surface area contributed by atoms with Gasteiger partial charge >= 0.3 is 0 Å². The van der Waals surface area contributed by atoms with Crippen LogP contribution in [0.25, 0.3) is 20.7 Å². The largest absolute Gasteiger partial charge is 0.497 e. The third-order valence-corrected chi connectivity index (χ3v) is 4.98. The number of fused-ring (bicyclic) bond motifs is 1. The SMILES string of the molecule is COc1ccc(-c2cc3ncnc(N=NCc4cccnc4)c3s2)cc1. The van der Waals surface area contributed by atoms with Crippen LogP contribution >= 0.6 is 11.3 Å². The van der Waals surface area contributed by atoms with Crippen molar-refractivity contribution in [2.45, 2.75) is 6.54 Å². The maximum Gasteiger partial charge on any atom is 0.195 e. The summed E-state index contributed by atoms with van der Waals surface area (Å²) >= 11 is 1.60. The molecule has 26 heavy (non-hydrogen) atoms. The molecule has 4 aromatic rings. The molecule has 0 radical (unpaired) electrons. The number of nitrogens with zero attached hydrogens (tertiary/aromatic N) is 5. The summed E-state index contributed by atoms with van der Waals surface area (Å²) in [5.74, 6) is 1.42. The molecule has 0 atom stereocenters. The average Bonchev–Trinajstić information content (AvgIpc) is 3.14. The Kier molecular flexibility index (Phi) is 4.61. The van der Waals surface area contributed by atoms with Gasteiger partial charge in [0.15, 0.2) is 5.82 Å². The average molecular weight is 361 g/mol. The summed E-state index contributed by atoms with van der Waals surface area (Å²) in [4.78, 5) is 13.8. The first-order valence-electron chi connectivity index (χ1n) is 7.99. The molecule has 0 saturated carbocycles. The molecular weight excluding hydrogens is 346 g/mol. The van der Waals surface area contributed by atoms with Crippen LogP contribution in [0.3, 0.4) is 0 Å². The number of hydrogen-bond acceptors (Lipinski definition) is 7. The minimum Gasteiger partial charge on any atom is -0.497 e. The van der Waals surface area contributed by atoms with Gasteiger partial charge in [0.25, 0.3) is 0 Å². The number of thiophene rings is 1. The van der Waals surface area contributed by atoms with Crippen LogP contribution < -0.4 is 4.74 Å². The molecule has 0 bridgehead atoms. The molecule has 0 aliphatic carbocycles. The molecule has 4 rings (SSSR count). The van der Waals surface area contributed by atoms with Crippen molar-refractivity contribution in [2.75, 3.05) is 7.11 Å². The third kappa shape index (κ3) is 3.43. The second kappa shape index (κ2) is 7.37. The lowest BCUT2D eigenvalue weighted by molar-refractivity contribution is 0.415. The van der Waals surface area contributed by atoms with Gasteiger partial charge in [0.1, 0.15) is 12.1 Å². The van der Waals surface area contributed by atoms with Gasteiger partial charge < -0.3 is 4.74 Å². The van der Waals surface area contributed by atoms with Gasteiger partial charge in [-0.15, -0.1) is 16.5 Å². The minimum absolute atomic E-state index is 0.468. The normalized spacial score (nSPS) is 11.3. The smallest absolute Gasteiger partial charge is 0.195 e. The van der Waals surface area contributed by atoms with E-state index in [1.54, 1.807) is 30.8 Å². The number of azo groups is 1. The van der Waals surface area contributed by atoms with Gasteiger partial charge in [0, 0.05) is 17.3 Å². The molecular formula is C19H15N5OS. The number of aromatic nitrogens is 3. The topological polar surface area (TPSA) is 72.6 Å². The van der Waals surface area contributed by atoms with Crippen LogP contribution in [-0.2, 0) is 6.54 Å². The van der Waals surface area contributed by atoms with Crippen LogP contribution in [0.4, 0.5) is 5.82 Å². The monoisotopic (exact) mass is 361 g/mol. The zero-order chi connectivity index (χ0) is 17.8. The van der Waals surface area contributed by atoms with Crippen molar-refractivity contribution in [3.8, 4) is 16.2 Å².